The first-order chi connectivity index (χ1) is 12.1. The van der Waals surface area contributed by atoms with E-state index in [1.54, 1.807) is 22.3 Å². The van der Waals surface area contributed by atoms with Gasteiger partial charge in [0.05, 0.1) is 10.9 Å². The van der Waals surface area contributed by atoms with Gasteiger partial charge in [-0.25, -0.2) is 0 Å². The summed E-state index contributed by atoms with van der Waals surface area (Å²) in [5.41, 5.74) is 0. The fraction of sp³-hybridized carbons (Fsp3) is 0.353. The lowest BCUT2D eigenvalue weighted by Crippen LogP contribution is -2.65. The molecule has 0 aliphatic carbocycles. The minimum Gasteiger partial charge on any atom is -0.346 e. The molecule has 8 heteroatoms. The lowest BCUT2D eigenvalue weighted by Gasteiger charge is -2.36. The second kappa shape index (κ2) is 6.61. The largest absolute Gasteiger partial charge is 0.346 e. The second-order valence-electron chi connectivity index (χ2n) is 6.17. The summed E-state index contributed by atoms with van der Waals surface area (Å²) in [5.74, 6) is -0.441. The molecule has 2 aromatic rings. The van der Waals surface area contributed by atoms with Gasteiger partial charge < -0.3 is 15.5 Å². The van der Waals surface area contributed by atoms with E-state index in [1.165, 1.54) is 11.3 Å². The number of nitrogens with zero attached hydrogens (tertiary/aromatic N) is 1. The monoisotopic (exact) mass is 375 g/mol. The summed E-state index contributed by atoms with van der Waals surface area (Å²) in [6, 6.07) is 5.97. The third-order valence-corrected chi connectivity index (χ3v) is 6.38. The fourth-order valence-electron chi connectivity index (χ4n) is 3.45. The highest BCUT2D eigenvalue weighted by Gasteiger charge is 2.48. The third kappa shape index (κ3) is 3.07. The molecule has 2 saturated heterocycles. The molecule has 0 radical (unpaired) electrons. The summed E-state index contributed by atoms with van der Waals surface area (Å²) >= 11 is 2.93. The van der Waals surface area contributed by atoms with Gasteiger partial charge in [-0.05, 0) is 29.3 Å². The predicted octanol–water partition coefficient (Wildman–Crippen LogP) is 1.25. The van der Waals surface area contributed by atoms with Crippen LogP contribution in [0.3, 0.4) is 0 Å². The Kier molecular flexibility index (Phi) is 4.30. The molecule has 2 fully saturated rings. The van der Waals surface area contributed by atoms with E-state index >= 15 is 0 Å². The molecule has 130 valence electrons. The van der Waals surface area contributed by atoms with Gasteiger partial charge >= 0.3 is 0 Å². The van der Waals surface area contributed by atoms with Gasteiger partial charge in [-0.2, -0.15) is 0 Å². The van der Waals surface area contributed by atoms with Crippen LogP contribution in [0.25, 0.3) is 0 Å². The van der Waals surface area contributed by atoms with Crippen molar-refractivity contribution in [1.82, 2.24) is 15.5 Å². The van der Waals surface area contributed by atoms with Crippen molar-refractivity contribution in [3.8, 4) is 0 Å². The first kappa shape index (κ1) is 16.3. The van der Waals surface area contributed by atoms with Crippen LogP contribution in [-0.4, -0.2) is 47.3 Å². The van der Waals surface area contributed by atoms with Crippen LogP contribution < -0.4 is 10.6 Å². The van der Waals surface area contributed by atoms with Crippen LogP contribution in [0.1, 0.15) is 21.0 Å². The lowest BCUT2D eigenvalue weighted by atomic mass is 10.0. The van der Waals surface area contributed by atoms with Crippen molar-refractivity contribution < 1.29 is 14.4 Å². The quantitative estimate of drug-likeness (QED) is 0.844. The Morgan fingerprint density at radius 1 is 1.24 bits per heavy atom. The van der Waals surface area contributed by atoms with Crippen LogP contribution in [0, 0.1) is 0 Å². The van der Waals surface area contributed by atoms with Gasteiger partial charge in [-0.15, -0.1) is 22.7 Å². The van der Waals surface area contributed by atoms with Crippen LogP contribution in [0.2, 0.25) is 0 Å². The van der Waals surface area contributed by atoms with Gasteiger partial charge in [-0.3, -0.25) is 14.4 Å². The number of hydrogen-bond acceptors (Lipinski definition) is 5. The van der Waals surface area contributed by atoms with E-state index in [-0.39, 0.29) is 23.8 Å². The Labute approximate surface area is 152 Å². The van der Waals surface area contributed by atoms with Crippen LogP contribution in [-0.2, 0) is 16.0 Å². The molecular formula is C17H17N3O3S2. The summed E-state index contributed by atoms with van der Waals surface area (Å²) in [6.45, 7) is 0.493. The van der Waals surface area contributed by atoms with Crippen molar-refractivity contribution in [3.63, 3.8) is 0 Å². The van der Waals surface area contributed by atoms with E-state index < -0.39 is 12.1 Å². The minimum atomic E-state index is -0.615. The Balaban J connectivity index is 1.46. The van der Waals surface area contributed by atoms with Crippen LogP contribution in [0.4, 0.5) is 0 Å². The third-order valence-electron chi connectivity index (χ3n) is 4.61. The van der Waals surface area contributed by atoms with E-state index in [4.69, 9.17) is 0 Å². The van der Waals surface area contributed by atoms with Gasteiger partial charge in [0.25, 0.3) is 5.91 Å². The molecule has 0 unspecified atom stereocenters. The first-order valence-corrected chi connectivity index (χ1v) is 9.87. The van der Waals surface area contributed by atoms with Gasteiger partial charge in [0, 0.05) is 17.8 Å². The first-order valence-electron chi connectivity index (χ1n) is 8.11. The standard InChI is InChI=1S/C17H17N3O3S2/c21-15(13-4-2-8-25-13)18-11-5-6-20-14(11)16(22)19-12(17(20)23)9-10-3-1-7-24-10/h1-4,7-8,11-12,14H,5-6,9H2,(H,18,21)(H,19,22)/t11-,12-,14-/m0/s1. The SMILES string of the molecule is O=C(N[C@H]1CCN2C(=O)[C@H](Cc3cccs3)NC(=O)[C@H]12)c1cccs1. The highest BCUT2D eigenvalue weighted by atomic mass is 32.1. The number of thiophene rings is 2. The summed E-state index contributed by atoms with van der Waals surface area (Å²) in [6.07, 6.45) is 1.10. The molecule has 0 aromatic carbocycles. The molecule has 3 atom stereocenters. The van der Waals surface area contributed by atoms with Gasteiger partial charge in [0.2, 0.25) is 11.8 Å². The average Bonchev–Trinajstić information content (AvgIpc) is 3.33. The lowest BCUT2D eigenvalue weighted by molar-refractivity contribution is -0.147. The van der Waals surface area contributed by atoms with Gasteiger partial charge in [0.1, 0.15) is 12.1 Å². The molecule has 2 aliphatic rings. The van der Waals surface area contributed by atoms with Crippen LogP contribution >= 0.6 is 22.7 Å². The van der Waals surface area contributed by atoms with E-state index in [0.29, 0.717) is 24.3 Å². The number of fused-ring (bicyclic) bond motifs is 1. The molecule has 2 N–H and O–H groups in total. The number of nitrogens with one attached hydrogen (secondary N) is 2. The summed E-state index contributed by atoms with van der Waals surface area (Å²) < 4.78 is 0. The Morgan fingerprint density at radius 2 is 2.04 bits per heavy atom. The molecule has 0 spiro atoms. The van der Waals surface area contributed by atoms with Crippen molar-refractivity contribution in [1.29, 1.82) is 0 Å². The average molecular weight is 375 g/mol. The van der Waals surface area contributed by atoms with Crippen molar-refractivity contribution in [3.05, 3.63) is 44.8 Å². The smallest absolute Gasteiger partial charge is 0.261 e. The number of hydrogen-bond donors (Lipinski definition) is 2. The molecule has 0 bridgehead atoms. The van der Waals surface area contributed by atoms with Crippen molar-refractivity contribution in [2.75, 3.05) is 6.54 Å². The summed E-state index contributed by atoms with van der Waals surface area (Å²) in [7, 11) is 0. The maximum absolute atomic E-state index is 12.7. The van der Waals surface area contributed by atoms with Crippen molar-refractivity contribution in [2.45, 2.75) is 31.0 Å². The van der Waals surface area contributed by atoms with Gasteiger partial charge in [0.15, 0.2) is 0 Å². The van der Waals surface area contributed by atoms with Gasteiger partial charge in [-0.1, -0.05) is 12.1 Å². The zero-order valence-electron chi connectivity index (χ0n) is 13.3. The van der Waals surface area contributed by atoms with Crippen LogP contribution in [0.15, 0.2) is 35.0 Å². The molecule has 2 aromatic heterocycles. The molecule has 4 heterocycles. The van der Waals surface area contributed by atoms with Crippen molar-refractivity contribution >= 4 is 40.4 Å². The molecule has 4 rings (SSSR count). The molecule has 25 heavy (non-hydrogen) atoms. The Hall–Kier alpha value is -2.19. The highest BCUT2D eigenvalue weighted by Crippen LogP contribution is 2.25. The normalized spacial score (nSPS) is 25.6. The van der Waals surface area contributed by atoms with Crippen LogP contribution in [0.5, 0.6) is 0 Å². The topological polar surface area (TPSA) is 78.5 Å². The second-order valence-corrected chi connectivity index (χ2v) is 8.15. The number of amides is 3. The fourth-order valence-corrected chi connectivity index (χ4v) is 4.83. The number of carbonyl (C=O) groups excluding carboxylic acids is 3. The number of rotatable bonds is 4. The predicted molar refractivity (Wildman–Crippen MR) is 95.6 cm³/mol. The number of carbonyl (C=O) groups is 3. The zero-order chi connectivity index (χ0) is 17.4. The van der Waals surface area contributed by atoms with Crippen molar-refractivity contribution in [2.24, 2.45) is 0 Å². The maximum atomic E-state index is 12.7. The Morgan fingerprint density at radius 3 is 2.76 bits per heavy atom. The summed E-state index contributed by atoms with van der Waals surface area (Å²) in [4.78, 5) is 40.9. The Bertz CT molecular complexity index is 788. The van der Waals surface area contributed by atoms with E-state index in [2.05, 4.69) is 10.6 Å². The summed E-state index contributed by atoms with van der Waals surface area (Å²) in [5, 5.41) is 9.55. The maximum Gasteiger partial charge on any atom is 0.261 e. The van der Waals surface area contributed by atoms with E-state index in [9.17, 15) is 14.4 Å². The molecular weight excluding hydrogens is 358 g/mol. The minimum absolute atomic E-state index is 0.0640. The molecule has 3 amide bonds. The van der Waals surface area contributed by atoms with E-state index in [1.807, 2.05) is 29.0 Å². The van der Waals surface area contributed by atoms with E-state index in [0.717, 1.165) is 4.88 Å². The number of piperazine rings is 1. The molecule has 0 saturated carbocycles. The molecule has 2 aliphatic heterocycles. The zero-order valence-corrected chi connectivity index (χ0v) is 14.9. The molecule has 6 nitrogen and oxygen atoms in total. The highest BCUT2D eigenvalue weighted by molar-refractivity contribution is 7.12.